The topological polar surface area (TPSA) is 52.0 Å². The lowest BCUT2D eigenvalue weighted by molar-refractivity contribution is 0.713. The number of hydrogen-bond acceptors (Lipinski definition) is 5. The zero-order valence-electron chi connectivity index (χ0n) is 11.8. The van der Waals surface area contributed by atoms with E-state index in [1.807, 2.05) is 31.3 Å². The highest BCUT2D eigenvalue weighted by Crippen LogP contribution is 2.21. The van der Waals surface area contributed by atoms with E-state index in [1.54, 1.807) is 11.3 Å². The van der Waals surface area contributed by atoms with Gasteiger partial charge in [-0.1, -0.05) is 19.1 Å². The third-order valence-corrected chi connectivity index (χ3v) is 3.90. The molecular weight excluding hydrogens is 268 g/mol. The highest BCUT2D eigenvalue weighted by Gasteiger charge is 2.08. The lowest BCUT2D eigenvalue weighted by Crippen LogP contribution is -2.17. The smallest absolute Gasteiger partial charge is 0.185 e. The first-order valence-electron chi connectivity index (χ1n) is 6.58. The van der Waals surface area contributed by atoms with Crippen LogP contribution in [0, 0.1) is 11.3 Å². The Bertz CT molecular complexity index is 600. The van der Waals surface area contributed by atoms with Crippen LogP contribution in [-0.4, -0.2) is 18.6 Å². The Kier molecular flexibility index (Phi) is 5.10. The number of nitrogens with one attached hydrogen (secondary N) is 1. The van der Waals surface area contributed by atoms with Gasteiger partial charge in [0.2, 0.25) is 0 Å². The van der Waals surface area contributed by atoms with Crippen molar-refractivity contribution in [2.24, 2.45) is 0 Å². The summed E-state index contributed by atoms with van der Waals surface area (Å²) >= 11 is 1.65. The zero-order valence-corrected chi connectivity index (χ0v) is 12.6. The third-order valence-electron chi connectivity index (χ3n) is 2.90. The van der Waals surface area contributed by atoms with Crippen molar-refractivity contribution >= 4 is 16.5 Å². The molecule has 0 spiro atoms. The van der Waals surface area contributed by atoms with Gasteiger partial charge in [0.1, 0.15) is 0 Å². The maximum absolute atomic E-state index is 8.92. The van der Waals surface area contributed by atoms with E-state index in [9.17, 15) is 0 Å². The molecule has 1 aromatic carbocycles. The van der Waals surface area contributed by atoms with E-state index in [0.29, 0.717) is 5.56 Å². The van der Waals surface area contributed by atoms with Crippen LogP contribution >= 0.6 is 11.3 Å². The fraction of sp³-hybridized carbons (Fsp3) is 0.333. The number of rotatable bonds is 6. The Morgan fingerprint density at radius 3 is 3.05 bits per heavy atom. The molecule has 104 valence electrons. The molecule has 1 heterocycles. The van der Waals surface area contributed by atoms with Crippen LogP contribution in [-0.2, 0) is 13.1 Å². The van der Waals surface area contributed by atoms with Crippen LogP contribution < -0.4 is 10.2 Å². The molecule has 0 fully saturated rings. The Labute approximate surface area is 123 Å². The van der Waals surface area contributed by atoms with Crippen LogP contribution in [0.5, 0.6) is 0 Å². The monoisotopic (exact) mass is 286 g/mol. The number of aromatic nitrogens is 1. The van der Waals surface area contributed by atoms with Crippen LogP contribution in [0.25, 0.3) is 0 Å². The quantitative estimate of drug-likeness (QED) is 0.887. The Hall–Kier alpha value is -1.90. The molecule has 4 nitrogen and oxygen atoms in total. The van der Waals surface area contributed by atoms with Gasteiger partial charge in [-0.3, -0.25) is 0 Å². The average Bonchev–Trinajstić information content (AvgIpc) is 2.94. The zero-order chi connectivity index (χ0) is 14.4. The van der Waals surface area contributed by atoms with E-state index in [4.69, 9.17) is 5.26 Å². The van der Waals surface area contributed by atoms with E-state index in [-0.39, 0.29) is 0 Å². The number of thiazole rings is 1. The molecule has 1 N–H and O–H groups in total. The molecule has 0 saturated heterocycles. The van der Waals surface area contributed by atoms with Crippen molar-refractivity contribution in [2.45, 2.75) is 20.0 Å². The molecule has 0 radical (unpaired) electrons. The highest BCUT2D eigenvalue weighted by molar-refractivity contribution is 7.13. The molecule has 0 unspecified atom stereocenters. The second kappa shape index (κ2) is 7.04. The number of nitrogens with zero attached hydrogens (tertiary/aromatic N) is 3. The van der Waals surface area contributed by atoms with Crippen molar-refractivity contribution in [1.29, 1.82) is 5.26 Å². The summed E-state index contributed by atoms with van der Waals surface area (Å²) in [7, 11) is 2.02. The lowest BCUT2D eigenvalue weighted by atomic mass is 10.1. The van der Waals surface area contributed by atoms with Gasteiger partial charge in [-0.15, -0.1) is 11.3 Å². The van der Waals surface area contributed by atoms with Gasteiger partial charge in [-0.05, 0) is 24.2 Å². The fourth-order valence-corrected chi connectivity index (χ4v) is 2.68. The first kappa shape index (κ1) is 14.5. The molecule has 1 aromatic heterocycles. The maximum Gasteiger partial charge on any atom is 0.185 e. The fourth-order valence-electron chi connectivity index (χ4n) is 1.89. The van der Waals surface area contributed by atoms with Gasteiger partial charge in [0.25, 0.3) is 0 Å². The minimum Gasteiger partial charge on any atom is -0.347 e. The molecule has 20 heavy (non-hydrogen) atoms. The van der Waals surface area contributed by atoms with E-state index in [0.717, 1.165) is 36.0 Å². The van der Waals surface area contributed by atoms with E-state index >= 15 is 0 Å². The van der Waals surface area contributed by atoms with Crippen molar-refractivity contribution in [3.8, 4) is 6.07 Å². The SMILES string of the molecule is CCNCc1csc(N(C)Cc2cccc(C#N)c2)n1. The Morgan fingerprint density at radius 1 is 1.45 bits per heavy atom. The summed E-state index contributed by atoms with van der Waals surface area (Å²) in [5, 5.41) is 15.3. The van der Waals surface area contributed by atoms with Crippen LogP contribution in [0.2, 0.25) is 0 Å². The second-order valence-electron chi connectivity index (χ2n) is 4.57. The Balaban J connectivity index is 2.02. The summed E-state index contributed by atoms with van der Waals surface area (Å²) in [6.45, 7) is 4.60. The van der Waals surface area contributed by atoms with Crippen molar-refractivity contribution in [3.63, 3.8) is 0 Å². The molecule has 0 bridgehead atoms. The van der Waals surface area contributed by atoms with Crippen LogP contribution in [0.3, 0.4) is 0 Å². The minimum atomic E-state index is 0.697. The lowest BCUT2D eigenvalue weighted by Gasteiger charge is -2.15. The molecular formula is C15H18N4S. The predicted octanol–water partition coefficient (Wildman–Crippen LogP) is 2.76. The highest BCUT2D eigenvalue weighted by atomic mass is 32.1. The third kappa shape index (κ3) is 3.80. The van der Waals surface area contributed by atoms with Gasteiger partial charge in [0.15, 0.2) is 5.13 Å². The van der Waals surface area contributed by atoms with Gasteiger partial charge < -0.3 is 10.2 Å². The summed E-state index contributed by atoms with van der Waals surface area (Å²) in [6.07, 6.45) is 0. The van der Waals surface area contributed by atoms with Gasteiger partial charge in [0.05, 0.1) is 17.3 Å². The van der Waals surface area contributed by atoms with Crippen LogP contribution in [0.4, 0.5) is 5.13 Å². The molecule has 0 atom stereocenters. The summed E-state index contributed by atoms with van der Waals surface area (Å²) in [5.74, 6) is 0. The normalized spacial score (nSPS) is 10.2. The molecule has 0 amide bonds. The standard InChI is InChI=1S/C15H18N4S/c1-3-17-9-14-11-20-15(18-14)19(2)10-13-6-4-5-12(7-13)8-16/h4-7,11,17H,3,9-10H2,1-2H3. The first-order chi connectivity index (χ1) is 9.72. The molecule has 0 saturated carbocycles. The first-order valence-corrected chi connectivity index (χ1v) is 7.46. The molecule has 0 aliphatic carbocycles. The predicted molar refractivity (Wildman–Crippen MR) is 82.8 cm³/mol. The summed E-state index contributed by atoms with van der Waals surface area (Å²) < 4.78 is 0. The maximum atomic E-state index is 8.92. The second-order valence-corrected chi connectivity index (χ2v) is 5.41. The average molecular weight is 286 g/mol. The van der Waals surface area contributed by atoms with Crippen LogP contribution in [0.1, 0.15) is 23.7 Å². The summed E-state index contributed by atoms with van der Waals surface area (Å²) in [6, 6.07) is 9.86. The van der Waals surface area contributed by atoms with Gasteiger partial charge in [-0.2, -0.15) is 5.26 Å². The van der Waals surface area contributed by atoms with E-state index in [1.165, 1.54) is 0 Å². The molecule has 2 aromatic rings. The largest absolute Gasteiger partial charge is 0.347 e. The summed E-state index contributed by atoms with van der Waals surface area (Å²) in [5.41, 5.74) is 2.89. The molecule has 0 aliphatic heterocycles. The molecule has 0 aliphatic rings. The van der Waals surface area contributed by atoms with Gasteiger partial charge >= 0.3 is 0 Å². The van der Waals surface area contributed by atoms with Crippen molar-refractivity contribution in [1.82, 2.24) is 10.3 Å². The van der Waals surface area contributed by atoms with Crippen LogP contribution in [0.15, 0.2) is 29.6 Å². The molecule has 5 heteroatoms. The van der Waals surface area contributed by atoms with Crippen molar-refractivity contribution < 1.29 is 0 Å². The van der Waals surface area contributed by atoms with E-state index in [2.05, 4.69) is 33.6 Å². The molecule has 2 rings (SSSR count). The Morgan fingerprint density at radius 2 is 2.30 bits per heavy atom. The van der Waals surface area contributed by atoms with Gasteiger partial charge in [-0.25, -0.2) is 4.98 Å². The van der Waals surface area contributed by atoms with Gasteiger partial charge in [0, 0.05) is 25.5 Å². The number of hydrogen-bond donors (Lipinski definition) is 1. The number of nitriles is 1. The van der Waals surface area contributed by atoms with Crippen molar-refractivity contribution in [3.05, 3.63) is 46.5 Å². The van der Waals surface area contributed by atoms with Crippen molar-refractivity contribution in [2.75, 3.05) is 18.5 Å². The minimum absolute atomic E-state index is 0.697. The summed E-state index contributed by atoms with van der Waals surface area (Å²) in [4.78, 5) is 6.71. The number of anilines is 1. The number of benzene rings is 1. The van der Waals surface area contributed by atoms with E-state index < -0.39 is 0 Å².